The van der Waals surface area contributed by atoms with Gasteiger partial charge in [-0.2, -0.15) is 5.10 Å². The maximum absolute atomic E-state index is 14.7. The molecule has 1 aliphatic heterocycles. The van der Waals surface area contributed by atoms with Gasteiger partial charge in [0.15, 0.2) is 23.1 Å². The van der Waals surface area contributed by atoms with Crippen LogP contribution in [0.25, 0.3) is 10.9 Å². The highest BCUT2D eigenvalue weighted by Crippen LogP contribution is 2.37. The number of fused-ring (bicyclic) bond motifs is 1. The summed E-state index contributed by atoms with van der Waals surface area (Å²) in [5.74, 6) is 0.935. The normalized spacial score (nSPS) is 14.2. The number of carbonyl (C=O) groups is 1. The van der Waals surface area contributed by atoms with Crippen molar-refractivity contribution in [3.05, 3.63) is 54.0 Å². The number of morpholine rings is 1. The molecule has 0 spiro atoms. The van der Waals surface area contributed by atoms with Crippen LogP contribution < -0.4 is 25.4 Å². The molecule has 4 rings (SSSR count). The van der Waals surface area contributed by atoms with Gasteiger partial charge in [0.2, 0.25) is 0 Å². The van der Waals surface area contributed by atoms with Crippen LogP contribution >= 0.6 is 0 Å². The van der Waals surface area contributed by atoms with E-state index >= 15 is 0 Å². The number of rotatable bonds is 10. The van der Waals surface area contributed by atoms with Crippen LogP contribution in [0.5, 0.6) is 23.0 Å². The molecule has 11 heteroatoms. The largest absolute Gasteiger partial charge is 0.493 e. The third-order valence-corrected chi connectivity index (χ3v) is 5.53. The predicted octanol–water partition coefficient (Wildman–Crippen LogP) is 3.28. The fourth-order valence-electron chi connectivity index (χ4n) is 3.75. The summed E-state index contributed by atoms with van der Waals surface area (Å²) >= 11 is 0. The number of primary amides is 1. The molecule has 0 atom stereocenters. The molecule has 2 aromatic carbocycles. The van der Waals surface area contributed by atoms with Crippen molar-refractivity contribution >= 4 is 23.1 Å². The molecular weight excluding hydrogens is 469 g/mol. The van der Waals surface area contributed by atoms with Crippen LogP contribution in [0.1, 0.15) is 12.0 Å². The summed E-state index contributed by atoms with van der Waals surface area (Å²) in [6.07, 6.45) is 3.73. The standard InChI is InChI=1S/C25H28FN5O5/c1-33-23-14-18-20(15-24(23)35-10-2-7-31-8-11-34-12-9-31)28-6-5-21(18)36-22-4-3-17(13-19(22)26)16-29-30-25(27)32/h3-6,13-16H,2,7-12H2,1H3,(H3,27,30,32). The van der Waals surface area contributed by atoms with Crippen molar-refractivity contribution in [1.82, 2.24) is 15.3 Å². The van der Waals surface area contributed by atoms with Crippen molar-refractivity contribution < 1.29 is 28.1 Å². The van der Waals surface area contributed by atoms with Crippen LogP contribution in [-0.2, 0) is 4.74 Å². The lowest BCUT2D eigenvalue weighted by Gasteiger charge is -2.26. The van der Waals surface area contributed by atoms with Gasteiger partial charge in [-0.25, -0.2) is 14.6 Å². The molecule has 0 saturated carbocycles. The monoisotopic (exact) mass is 497 g/mol. The molecule has 190 valence electrons. The number of hydrogen-bond acceptors (Lipinski definition) is 8. The number of urea groups is 1. The maximum Gasteiger partial charge on any atom is 0.332 e. The van der Waals surface area contributed by atoms with Gasteiger partial charge in [0.25, 0.3) is 0 Å². The van der Waals surface area contributed by atoms with E-state index in [9.17, 15) is 9.18 Å². The lowest BCUT2D eigenvalue weighted by atomic mass is 10.1. The number of ether oxygens (including phenoxy) is 4. The Balaban J connectivity index is 1.46. The van der Waals surface area contributed by atoms with Gasteiger partial charge in [-0.05, 0) is 42.3 Å². The predicted molar refractivity (Wildman–Crippen MR) is 132 cm³/mol. The smallest absolute Gasteiger partial charge is 0.332 e. The van der Waals surface area contributed by atoms with E-state index in [-0.39, 0.29) is 5.75 Å². The number of nitrogens with zero attached hydrogens (tertiary/aromatic N) is 3. The number of benzene rings is 2. The molecular formula is C25H28FN5O5. The van der Waals surface area contributed by atoms with Gasteiger partial charge in [-0.15, -0.1) is 0 Å². The van der Waals surface area contributed by atoms with Crippen LogP contribution in [0.3, 0.4) is 0 Å². The first-order valence-corrected chi connectivity index (χ1v) is 11.5. The second kappa shape index (κ2) is 12.1. The molecule has 2 heterocycles. The second-order valence-electron chi connectivity index (χ2n) is 8.01. The zero-order valence-electron chi connectivity index (χ0n) is 19.9. The summed E-state index contributed by atoms with van der Waals surface area (Å²) in [5.41, 5.74) is 8.04. The summed E-state index contributed by atoms with van der Waals surface area (Å²) < 4.78 is 37.4. The highest BCUT2D eigenvalue weighted by Gasteiger charge is 2.14. The van der Waals surface area contributed by atoms with Crippen molar-refractivity contribution in [1.29, 1.82) is 0 Å². The molecule has 1 saturated heterocycles. The summed E-state index contributed by atoms with van der Waals surface area (Å²) in [4.78, 5) is 17.5. The van der Waals surface area contributed by atoms with Gasteiger partial charge in [-0.1, -0.05) is 0 Å². The quantitative estimate of drug-likeness (QED) is 0.251. The van der Waals surface area contributed by atoms with Crippen LogP contribution in [0.4, 0.5) is 9.18 Å². The Labute approximate surface area is 207 Å². The summed E-state index contributed by atoms with van der Waals surface area (Å²) in [6, 6.07) is 8.69. The Morgan fingerprint density at radius 1 is 1.19 bits per heavy atom. The summed E-state index contributed by atoms with van der Waals surface area (Å²) in [5, 5.41) is 4.26. The topological polar surface area (TPSA) is 121 Å². The fraction of sp³-hybridized carbons (Fsp3) is 0.320. The molecule has 1 fully saturated rings. The summed E-state index contributed by atoms with van der Waals surface area (Å²) in [7, 11) is 1.56. The van der Waals surface area contributed by atoms with Gasteiger partial charge < -0.3 is 24.7 Å². The fourth-order valence-corrected chi connectivity index (χ4v) is 3.75. The van der Waals surface area contributed by atoms with E-state index in [4.69, 9.17) is 24.7 Å². The van der Waals surface area contributed by atoms with Crippen molar-refractivity contribution in [3.8, 4) is 23.0 Å². The molecule has 36 heavy (non-hydrogen) atoms. The van der Waals surface area contributed by atoms with Crippen molar-refractivity contribution in [2.24, 2.45) is 10.8 Å². The van der Waals surface area contributed by atoms with E-state index in [1.807, 2.05) is 0 Å². The van der Waals surface area contributed by atoms with E-state index in [1.165, 1.54) is 18.3 Å². The van der Waals surface area contributed by atoms with E-state index < -0.39 is 11.8 Å². The summed E-state index contributed by atoms with van der Waals surface area (Å²) in [6.45, 7) is 4.89. The minimum absolute atomic E-state index is 0.0184. The molecule has 0 unspecified atom stereocenters. The number of methoxy groups -OCH3 is 1. The minimum Gasteiger partial charge on any atom is -0.493 e. The second-order valence-corrected chi connectivity index (χ2v) is 8.01. The molecule has 3 N–H and O–H groups in total. The van der Waals surface area contributed by atoms with E-state index in [2.05, 4.69) is 20.4 Å². The van der Waals surface area contributed by atoms with Crippen LogP contribution in [-0.4, -0.2) is 68.7 Å². The van der Waals surface area contributed by atoms with Gasteiger partial charge in [0.1, 0.15) is 5.75 Å². The molecule has 1 aliphatic rings. The van der Waals surface area contributed by atoms with Gasteiger partial charge in [-0.3, -0.25) is 9.88 Å². The minimum atomic E-state index is -0.812. The molecule has 0 aliphatic carbocycles. The first-order valence-electron chi connectivity index (χ1n) is 11.5. The number of hydrogen-bond donors (Lipinski definition) is 2. The van der Waals surface area contributed by atoms with E-state index in [0.29, 0.717) is 40.3 Å². The first kappa shape index (κ1) is 25.1. The zero-order chi connectivity index (χ0) is 25.3. The average molecular weight is 498 g/mol. The molecule has 1 aromatic heterocycles. The maximum atomic E-state index is 14.7. The first-order chi connectivity index (χ1) is 17.5. The van der Waals surface area contributed by atoms with E-state index in [0.717, 1.165) is 39.3 Å². The third kappa shape index (κ3) is 6.58. The van der Waals surface area contributed by atoms with Crippen LogP contribution in [0.2, 0.25) is 0 Å². The Morgan fingerprint density at radius 3 is 2.78 bits per heavy atom. The number of amides is 2. The average Bonchev–Trinajstić information content (AvgIpc) is 2.88. The highest BCUT2D eigenvalue weighted by atomic mass is 19.1. The molecule has 0 bridgehead atoms. The Kier molecular flexibility index (Phi) is 8.48. The lowest BCUT2D eigenvalue weighted by Crippen LogP contribution is -2.37. The number of nitrogens with one attached hydrogen (secondary N) is 1. The Bertz CT molecular complexity index is 1230. The molecule has 10 nitrogen and oxygen atoms in total. The van der Waals surface area contributed by atoms with Crippen molar-refractivity contribution in [2.45, 2.75) is 6.42 Å². The lowest BCUT2D eigenvalue weighted by molar-refractivity contribution is 0.0357. The SMILES string of the molecule is COc1cc2c(Oc3ccc(C=NNC(N)=O)cc3F)ccnc2cc1OCCCN1CCOCC1. The molecule has 2 amide bonds. The van der Waals surface area contributed by atoms with Crippen molar-refractivity contribution in [2.75, 3.05) is 46.6 Å². The molecule has 0 radical (unpaired) electrons. The van der Waals surface area contributed by atoms with Crippen molar-refractivity contribution in [3.63, 3.8) is 0 Å². The number of aromatic nitrogens is 1. The third-order valence-electron chi connectivity index (χ3n) is 5.53. The molecule has 3 aromatic rings. The number of hydrazone groups is 1. The van der Waals surface area contributed by atoms with Crippen LogP contribution in [0.15, 0.2) is 47.7 Å². The van der Waals surface area contributed by atoms with Gasteiger partial charge in [0, 0.05) is 37.3 Å². The number of halogens is 1. The Hall–Kier alpha value is -3.96. The number of nitrogens with two attached hydrogens (primary N) is 1. The number of pyridine rings is 1. The Morgan fingerprint density at radius 2 is 2.03 bits per heavy atom. The number of carbonyl (C=O) groups excluding carboxylic acids is 1. The van der Waals surface area contributed by atoms with Crippen LogP contribution in [0, 0.1) is 5.82 Å². The highest BCUT2D eigenvalue weighted by molar-refractivity contribution is 5.88. The van der Waals surface area contributed by atoms with Gasteiger partial charge >= 0.3 is 6.03 Å². The van der Waals surface area contributed by atoms with Gasteiger partial charge in [0.05, 0.1) is 38.7 Å². The zero-order valence-corrected chi connectivity index (χ0v) is 19.9. The van der Waals surface area contributed by atoms with E-state index in [1.54, 1.807) is 37.6 Å².